The summed E-state index contributed by atoms with van der Waals surface area (Å²) in [5, 5.41) is 3.82. The van der Waals surface area contributed by atoms with Crippen LogP contribution < -0.4 is 11.3 Å². The van der Waals surface area contributed by atoms with Gasteiger partial charge in [-0.05, 0) is 52.6 Å². The van der Waals surface area contributed by atoms with E-state index in [4.69, 9.17) is 21.9 Å². The van der Waals surface area contributed by atoms with Gasteiger partial charge >= 0.3 is 0 Å². The fraction of sp³-hybridized carbons (Fsp3) is 0.143. The number of thiophene rings is 1. The second-order valence-corrected chi connectivity index (χ2v) is 5.61. The first-order valence-electron chi connectivity index (χ1n) is 5.94. The Morgan fingerprint density at radius 1 is 1.26 bits per heavy atom. The van der Waals surface area contributed by atoms with Gasteiger partial charge < -0.3 is 4.42 Å². The molecule has 0 radical (unpaired) electrons. The topological polar surface area (TPSA) is 51.2 Å². The summed E-state index contributed by atoms with van der Waals surface area (Å²) in [5.74, 6) is 6.38. The van der Waals surface area contributed by atoms with Crippen molar-refractivity contribution in [2.75, 3.05) is 0 Å². The fourth-order valence-electron chi connectivity index (χ4n) is 2.17. The van der Waals surface area contributed by atoms with Gasteiger partial charge in [0.05, 0.1) is 6.04 Å². The average molecular weight is 293 g/mol. The molecule has 2 aromatic heterocycles. The molecule has 0 spiro atoms. The Bertz CT molecular complexity index is 691. The molecule has 2 heterocycles. The van der Waals surface area contributed by atoms with E-state index >= 15 is 0 Å². The van der Waals surface area contributed by atoms with Gasteiger partial charge in [-0.2, -0.15) is 0 Å². The van der Waals surface area contributed by atoms with Crippen LogP contribution in [0.5, 0.6) is 0 Å². The molecule has 3 rings (SSSR count). The molecule has 0 aliphatic carbocycles. The third-order valence-corrected chi connectivity index (χ3v) is 4.34. The highest BCUT2D eigenvalue weighted by atomic mass is 35.5. The van der Waals surface area contributed by atoms with Crippen LogP contribution in [-0.2, 0) is 6.42 Å². The molecule has 19 heavy (non-hydrogen) atoms. The van der Waals surface area contributed by atoms with E-state index in [0.29, 0.717) is 5.22 Å². The van der Waals surface area contributed by atoms with Gasteiger partial charge in [0.15, 0.2) is 5.22 Å². The van der Waals surface area contributed by atoms with E-state index in [1.807, 2.05) is 18.2 Å². The summed E-state index contributed by atoms with van der Waals surface area (Å²) >= 11 is 7.55. The highest BCUT2D eigenvalue weighted by Gasteiger charge is 2.16. The van der Waals surface area contributed by atoms with Crippen molar-refractivity contribution in [3.8, 4) is 0 Å². The van der Waals surface area contributed by atoms with Crippen molar-refractivity contribution >= 4 is 33.0 Å². The fourth-order valence-corrected chi connectivity index (χ4v) is 3.30. The number of furan rings is 1. The summed E-state index contributed by atoms with van der Waals surface area (Å²) in [6.07, 6.45) is 0.768. The quantitative estimate of drug-likeness (QED) is 0.566. The summed E-state index contributed by atoms with van der Waals surface area (Å²) < 4.78 is 6.71. The minimum atomic E-state index is -0.0782. The van der Waals surface area contributed by atoms with Crippen molar-refractivity contribution in [2.45, 2.75) is 12.5 Å². The molecule has 0 saturated heterocycles. The van der Waals surface area contributed by atoms with Crippen LogP contribution >= 0.6 is 22.9 Å². The number of fused-ring (bicyclic) bond motifs is 1. The van der Waals surface area contributed by atoms with Gasteiger partial charge in [0.2, 0.25) is 0 Å². The Morgan fingerprint density at radius 2 is 2.11 bits per heavy atom. The molecule has 3 N–H and O–H groups in total. The molecule has 0 fully saturated rings. The van der Waals surface area contributed by atoms with Crippen molar-refractivity contribution < 1.29 is 4.42 Å². The molecular weight excluding hydrogens is 280 g/mol. The first-order valence-corrected chi connectivity index (χ1v) is 7.20. The van der Waals surface area contributed by atoms with Crippen LogP contribution in [0.25, 0.3) is 10.1 Å². The van der Waals surface area contributed by atoms with Gasteiger partial charge in [0.25, 0.3) is 0 Å². The second-order valence-electron chi connectivity index (χ2n) is 4.32. The highest BCUT2D eigenvalue weighted by Crippen LogP contribution is 2.30. The molecular formula is C14H13ClN2OS. The summed E-state index contributed by atoms with van der Waals surface area (Å²) in [5.41, 5.74) is 4.05. The summed E-state index contributed by atoms with van der Waals surface area (Å²) in [6.45, 7) is 0. The molecule has 3 nitrogen and oxygen atoms in total. The van der Waals surface area contributed by atoms with E-state index in [2.05, 4.69) is 22.9 Å². The Morgan fingerprint density at radius 3 is 2.84 bits per heavy atom. The van der Waals surface area contributed by atoms with Crippen LogP contribution in [0.3, 0.4) is 0 Å². The van der Waals surface area contributed by atoms with Gasteiger partial charge in [0, 0.05) is 4.70 Å². The molecule has 0 aliphatic heterocycles. The van der Waals surface area contributed by atoms with Gasteiger partial charge in [0.1, 0.15) is 5.76 Å². The Hall–Kier alpha value is -1.33. The molecule has 0 saturated carbocycles. The van der Waals surface area contributed by atoms with Gasteiger partial charge in [-0.3, -0.25) is 5.84 Å². The number of hydrogen-bond acceptors (Lipinski definition) is 4. The van der Waals surface area contributed by atoms with Crippen LogP contribution in [-0.4, -0.2) is 0 Å². The summed E-state index contributed by atoms with van der Waals surface area (Å²) in [7, 11) is 0. The standard InChI is InChI=1S/C14H13ClN2OS/c15-14-6-5-12(18-14)11(17-16)7-9-8-19-13-4-2-1-3-10(9)13/h1-6,8,11,17H,7,16H2. The first-order chi connectivity index (χ1) is 9.28. The van der Waals surface area contributed by atoms with E-state index in [1.54, 1.807) is 17.4 Å². The predicted molar refractivity (Wildman–Crippen MR) is 79.3 cm³/mol. The maximum atomic E-state index is 5.81. The third-order valence-electron chi connectivity index (χ3n) is 3.12. The Kier molecular flexibility index (Phi) is 3.57. The Labute approximate surface area is 119 Å². The molecule has 0 bridgehead atoms. The molecule has 1 atom stereocenters. The monoisotopic (exact) mass is 292 g/mol. The number of halogens is 1. The smallest absolute Gasteiger partial charge is 0.193 e. The van der Waals surface area contributed by atoms with E-state index in [1.165, 1.54) is 15.6 Å². The number of nitrogens with two attached hydrogens (primary N) is 1. The van der Waals surface area contributed by atoms with Crippen molar-refractivity contribution in [3.05, 3.63) is 58.3 Å². The predicted octanol–water partition coefficient (Wildman–Crippen LogP) is 3.89. The largest absolute Gasteiger partial charge is 0.448 e. The Balaban J connectivity index is 1.90. The number of hydrazine groups is 1. The average Bonchev–Trinajstić information content (AvgIpc) is 3.03. The van der Waals surface area contributed by atoms with Gasteiger partial charge in [-0.1, -0.05) is 18.2 Å². The zero-order valence-corrected chi connectivity index (χ0v) is 11.7. The first kappa shape index (κ1) is 12.7. The van der Waals surface area contributed by atoms with E-state index < -0.39 is 0 Å². The maximum Gasteiger partial charge on any atom is 0.193 e. The van der Waals surface area contributed by atoms with Crippen molar-refractivity contribution in [3.63, 3.8) is 0 Å². The maximum absolute atomic E-state index is 5.81. The third kappa shape index (κ3) is 2.53. The normalized spacial score (nSPS) is 12.9. The van der Waals surface area contributed by atoms with Crippen molar-refractivity contribution in [1.29, 1.82) is 0 Å². The van der Waals surface area contributed by atoms with E-state index in [-0.39, 0.29) is 6.04 Å². The van der Waals surface area contributed by atoms with E-state index in [9.17, 15) is 0 Å². The molecule has 98 valence electrons. The van der Waals surface area contributed by atoms with Crippen molar-refractivity contribution in [2.24, 2.45) is 5.84 Å². The molecule has 0 amide bonds. The molecule has 3 aromatic rings. The number of rotatable bonds is 4. The number of hydrogen-bond donors (Lipinski definition) is 2. The molecule has 0 aliphatic rings. The lowest BCUT2D eigenvalue weighted by atomic mass is 10.0. The molecule has 1 aromatic carbocycles. The van der Waals surface area contributed by atoms with Crippen molar-refractivity contribution in [1.82, 2.24) is 5.43 Å². The number of benzene rings is 1. The zero-order valence-electron chi connectivity index (χ0n) is 10.1. The zero-order chi connectivity index (χ0) is 13.2. The van der Waals surface area contributed by atoms with Gasteiger partial charge in [-0.25, -0.2) is 5.43 Å². The molecule has 1 unspecified atom stereocenters. The van der Waals surface area contributed by atoms with Crippen LogP contribution in [0.15, 0.2) is 46.2 Å². The van der Waals surface area contributed by atoms with Crippen LogP contribution in [0.2, 0.25) is 5.22 Å². The van der Waals surface area contributed by atoms with Crippen LogP contribution in [0, 0.1) is 0 Å². The molecule has 5 heteroatoms. The lowest BCUT2D eigenvalue weighted by Gasteiger charge is -2.12. The van der Waals surface area contributed by atoms with Crippen LogP contribution in [0.4, 0.5) is 0 Å². The van der Waals surface area contributed by atoms with Crippen LogP contribution in [0.1, 0.15) is 17.4 Å². The second kappa shape index (κ2) is 5.35. The lowest BCUT2D eigenvalue weighted by molar-refractivity contribution is 0.418. The SMILES string of the molecule is NNC(Cc1csc2ccccc12)c1ccc(Cl)o1. The summed E-state index contributed by atoms with van der Waals surface area (Å²) in [6, 6.07) is 11.8. The minimum Gasteiger partial charge on any atom is -0.448 e. The number of nitrogens with one attached hydrogen (secondary N) is 1. The highest BCUT2D eigenvalue weighted by molar-refractivity contribution is 7.17. The lowest BCUT2D eigenvalue weighted by Crippen LogP contribution is -2.29. The van der Waals surface area contributed by atoms with Gasteiger partial charge in [-0.15, -0.1) is 11.3 Å². The summed E-state index contributed by atoms with van der Waals surface area (Å²) in [4.78, 5) is 0. The van der Waals surface area contributed by atoms with E-state index in [0.717, 1.165) is 12.2 Å². The minimum absolute atomic E-state index is 0.0782.